The second kappa shape index (κ2) is 6.38. The van der Waals surface area contributed by atoms with E-state index in [0.717, 1.165) is 12.1 Å². The van der Waals surface area contributed by atoms with Crippen molar-refractivity contribution in [3.05, 3.63) is 0 Å². The molecule has 2 heteroatoms. The third-order valence-electron chi connectivity index (χ3n) is 4.82. The van der Waals surface area contributed by atoms with E-state index < -0.39 is 0 Å². The predicted molar refractivity (Wildman–Crippen MR) is 78.9 cm³/mol. The summed E-state index contributed by atoms with van der Waals surface area (Å²) in [6.45, 7) is 11.0. The molecule has 1 N–H and O–H groups in total. The van der Waals surface area contributed by atoms with E-state index >= 15 is 0 Å². The molecule has 2 atom stereocenters. The zero-order valence-corrected chi connectivity index (χ0v) is 12.7. The van der Waals surface area contributed by atoms with Crippen LogP contribution in [0.25, 0.3) is 0 Å². The molecule has 0 aromatic carbocycles. The molecule has 1 aliphatic heterocycles. The van der Waals surface area contributed by atoms with Crippen molar-refractivity contribution in [1.29, 1.82) is 0 Å². The summed E-state index contributed by atoms with van der Waals surface area (Å²) in [5, 5.41) is 3.66. The molecule has 1 aliphatic carbocycles. The number of hydrogen-bond acceptors (Lipinski definition) is 2. The lowest BCUT2D eigenvalue weighted by atomic mass is 9.74. The number of rotatable bonds is 5. The molecule has 0 aromatic rings. The average molecular weight is 252 g/mol. The first-order valence-electron chi connectivity index (χ1n) is 8.08. The van der Waals surface area contributed by atoms with Crippen LogP contribution in [-0.4, -0.2) is 36.6 Å². The van der Waals surface area contributed by atoms with Crippen molar-refractivity contribution < 1.29 is 0 Å². The molecule has 106 valence electrons. The Labute approximate surface area is 114 Å². The monoisotopic (exact) mass is 252 g/mol. The molecule has 1 saturated heterocycles. The van der Waals surface area contributed by atoms with Crippen LogP contribution >= 0.6 is 0 Å². The van der Waals surface area contributed by atoms with Crippen molar-refractivity contribution in [3.63, 3.8) is 0 Å². The lowest BCUT2D eigenvalue weighted by molar-refractivity contribution is 0.0875. The van der Waals surface area contributed by atoms with E-state index in [0.29, 0.717) is 5.41 Å². The van der Waals surface area contributed by atoms with Gasteiger partial charge >= 0.3 is 0 Å². The highest BCUT2D eigenvalue weighted by molar-refractivity contribution is 4.87. The molecular formula is C16H32N2. The Morgan fingerprint density at radius 3 is 2.67 bits per heavy atom. The van der Waals surface area contributed by atoms with E-state index in [9.17, 15) is 0 Å². The summed E-state index contributed by atoms with van der Waals surface area (Å²) in [6, 6.07) is 1.61. The summed E-state index contributed by atoms with van der Waals surface area (Å²) < 4.78 is 0. The first-order chi connectivity index (χ1) is 8.61. The van der Waals surface area contributed by atoms with Crippen LogP contribution in [0.5, 0.6) is 0 Å². The van der Waals surface area contributed by atoms with Gasteiger partial charge in [-0.05, 0) is 57.0 Å². The van der Waals surface area contributed by atoms with E-state index in [1.54, 1.807) is 0 Å². The Kier molecular flexibility index (Phi) is 5.08. The molecule has 18 heavy (non-hydrogen) atoms. The molecule has 1 saturated carbocycles. The molecule has 1 heterocycles. The van der Waals surface area contributed by atoms with E-state index in [1.165, 1.54) is 64.6 Å². The SMILES string of the molecule is CCCN(CC1CCCN1)C1CCCC(C)(C)C1. The largest absolute Gasteiger partial charge is 0.313 e. The Morgan fingerprint density at radius 2 is 2.06 bits per heavy atom. The van der Waals surface area contributed by atoms with Crippen LogP contribution in [0.3, 0.4) is 0 Å². The van der Waals surface area contributed by atoms with Crippen molar-refractivity contribution in [1.82, 2.24) is 10.2 Å². The van der Waals surface area contributed by atoms with Gasteiger partial charge in [-0.2, -0.15) is 0 Å². The van der Waals surface area contributed by atoms with E-state index in [-0.39, 0.29) is 0 Å². The minimum atomic E-state index is 0.567. The second-order valence-corrected chi connectivity index (χ2v) is 7.20. The van der Waals surface area contributed by atoms with Crippen LogP contribution < -0.4 is 5.32 Å². The molecule has 2 unspecified atom stereocenters. The maximum atomic E-state index is 3.66. The zero-order chi connectivity index (χ0) is 13.0. The summed E-state index contributed by atoms with van der Waals surface area (Å²) in [7, 11) is 0. The van der Waals surface area contributed by atoms with Gasteiger partial charge in [-0.25, -0.2) is 0 Å². The average Bonchev–Trinajstić information content (AvgIpc) is 2.80. The molecule has 2 fully saturated rings. The number of nitrogens with zero attached hydrogens (tertiary/aromatic N) is 1. The summed E-state index contributed by atoms with van der Waals surface area (Å²) in [5.41, 5.74) is 0.567. The van der Waals surface area contributed by atoms with Crippen LogP contribution in [0.4, 0.5) is 0 Å². The minimum absolute atomic E-state index is 0.567. The first kappa shape index (κ1) is 14.3. The summed E-state index contributed by atoms with van der Waals surface area (Å²) in [6.07, 6.45) is 9.73. The summed E-state index contributed by atoms with van der Waals surface area (Å²) >= 11 is 0. The topological polar surface area (TPSA) is 15.3 Å². The van der Waals surface area contributed by atoms with Crippen molar-refractivity contribution in [2.45, 2.75) is 77.8 Å². The maximum Gasteiger partial charge on any atom is 0.0195 e. The van der Waals surface area contributed by atoms with Gasteiger partial charge < -0.3 is 5.32 Å². The molecule has 2 aliphatic rings. The van der Waals surface area contributed by atoms with Crippen LogP contribution in [0.15, 0.2) is 0 Å². The molecular weight excluding hydrogens is 220 g/mol. The van der Waals surface area contributed by atoms with Crippen LogP contribution in [-0.2, 0) is 0 Å². The number of nitrogens with one attached hydrogen (secondary N) is 1. The first-order valence-corrected chi connectivity index (χ1v) is 8.08. The molecule has 2 nitrogen and oxygen atoms in total. The van der Waals surface area contributed by atoms with Crippen molar-refractivity contribution in [2.75, 3.05) is 19.6 Å². The van der Waals surface area contributed by atoms with Gasteiger partial charge in [0.2, 0.25) is 0 Å². The van der Waals surface area contributed by atoms with Gasteiger partial charge in [-0.1, -0.05) is 27.2 Å². The lowest BCUT2D eigenvalue weighted by Crippen LogP contribution is -2.46. The Balaban J connectivity index is 1.90. The third kappa shape index (κ3) is 3.96. The fraction of sp³-hybridized carbons (Fsp3) is 1.00. The number of hydrogen-bond donors (Lipinski definition) is 1. The fourth-order valence-corrected chi connectivity index (χ4v) is 3.88. The Hall–Kier alpha value is -0.0800. The zero-order valence-electron chi connectivity index (χ0n) is 12.7. The molecule has 0 amide bonds. The lowest BCUT2D eigenvalue weighted by Gasteiger charge is -2.42. The highest BCUT2D eigenvalue weighted by Gasteiger charge is 2.32. The van der Waals surface area contributed by atoms with Gasteiger partial charge in [0.15, 0.2) is 0 Å². The normalized spacial score (nSPS) is 32.0. The molecule has 2 rings (SSSR count). The predicted octanol–water partition coefficient (Wildman–Crippen LogP) is 3.42. The minimum Gasteiger partial charge on any atom is -0.313 e. The molecule has 0 radical (unpaired) electrons. The van der Waals surface area contributed by atoms with Crippen LogP contribution in [0.1, 0.15) is 65.7 Å². The Morgan fingerprint density at radius 1 is 1.22 bits per heavy atom. The van der Waals surface area contributed by atoms with Crippen molar-refractivity contribution in [2.24, 2.45) is 5.41 Å². The summed E-state index contributed by atoms with van der Waals surface area (Å²) in [5.74, 6) is 0. The highest BCUT2D eigenvalue weighted by Crippen LogP contribution is 2.37. The van der Waals surface area contributed by atoms with Gasteiger partial charge in [-0.15, -0.1) is 0 Å². The standard InChI is InChI=1S/C16H32N2/c1-4-11-18(13-14-7-6-10-17-14)15-8-5-9-16(2,3)12-15/h14-15,17H,4-13H2,1-3H3. The molecule has 0 bridgehead atoms. The van der Waals surface area contributed by atoms with Crippen molar-refractivity contribution in [3.8, 4) is 0 Å². The fourth-order valence-electron chi connectivity index (χ4n) is 3.88. The van der Waals surface area contributed by atoms with Gasteiger partial charge in [-0.3, -0.25) is 4.90 Å². The maximum absolute atomic E-state index is 3.66. The second-order valence-electron chi connectivity index (χ2n) is 7.20. The molecule has 0 aromatic heterocycles. The Bertz CT molecular complexity index is 243. The highest BCUT2D eigenvalue weighted by atomic mass is 15.2. The van der Waals surface area contributed by atoms with E-state index in [4.69, 9.17) is 0 Å². The smallest absolute Gasteiger partial charge is 0.0195 e. The van der Waals surface area contributed by atoms with Crippen molar-refractivity contribution >= 4 is 0 Å². The van der Waals surface area contributed by atoms with E-state index in [2.05, 4.69) is 31.0 Å². The van der Waals surface area contributed by atoms with Gasteiger partial charge in [0.1, 0.15) is 0 Å². The third-order valence-corrected chi connectivity index (χ3v) is 4.82. The van der Waals surface area contributed by atoms with Gasteiger partial charge in [0, 0.05) is 18.6 Å². The summed E-state index contributed by atoms with van der Waals surface area (Å²) in [4.78, 5) is 2.80. The van der Waals surface area contributed by atoms with Crippen LogP contribution in [0.2, 0.25) is 0 Å². The van der Waals surface area contributed by atoms with E-state index in [1.807, 2.05) is 0 Å². The molecule has 0 spiro atoms. The van der Waals surface area contributed by atoms with Gasteiger partial charge in [0.05, 0.1) is 0 Å². The van der Waals surface area contributed by atoms with Crippen LogP contribution in [0, 0.1) is 5.41 Å². The van der Waals surface area contributed by atoms with Gasteiger partial charge in [0.25, 0.3) is 0 Å². The quantitative estimate of drug-likeness (QED) is 0.806.